The molecule has 26 heavy (non-hydrogen) atoms. The van der Waals surface area contributed by atoms with E-state index in [4.69, 9.17) is 4.74 Å². The number of hydrogen-bond donors (Lipinski definition) is 1. The third-order valence-corrected chi connectivity index (χ3v) is 4.70. The van der Waals surface area contributed by atoms with Crippen LogP contribution in [0.1, 0.15) is 48.2 Å². The zero-order valence-electron chi connectivity index (χ0n) is 14.7. The van der Waals surface area contributed by atoms with Crippen LogP contribution >= 0.6 is 0 Å². The number of ether oxygens (including phenoxy) is 1. The average Bonchev–Trinajstić information content (AvgIpc) is 2.66. The fourth-order valence-electron chi connectivity index (χ4n) is 3.41. The number of benzene rings is 1. The number of rotatable bonds is 4. The summed E-state index contributed by atoms with van der Waals surface area (Å²) in [5.41, 5.74) is 0.954. The van der Waals surface area contributed by atoms with Crippen molar-refractivity contribution < 1.29 is 14.3 Å². The Bertz CT molecular complexity index is 879. The molecule has 1 amide bonds. The molecule has 3 rings (SSSR count). The number of carbonyl (C=O) groups is 2. The van der Waals surface area contributed by atoms with Gasteiger partial charge in [0.2, 0.25) is 0 Å². The van der Waals surface area contributed by atoms with Crippen molar-refractivity contribution >= 4 is 22.8 Å². The van der Waals surface area contributed by atoms with Gasteiger partial charge in [-0.3, -0.25) is 9.78 Å². The maximum absolute atomic E-state index is 12.5. The van der Waals surface area contributed by atoms with Gasteiger partial charge in [0.15, 0.2) is 6.61 Å². The maximum atomic E-state index is 12.5. The van der Waals surface area contributed by atoms with E-state index >= 15 is 0 Å². The standard InChI is InChI=1S/C20H21N3O3/c1-14-11-16(15-7-3-4-8-17(15)22-14)19(25)26-12-18(24)23-20(13-21)9-5-2-6-10-20/h3-4,7-8,11H,2,5-6,9-10,12H2,1H3,(H,23,24). The van der Waals surface area contributed by atoms with Crippen LogP contribution in [0, 0.1) is 18.3 Å². The van der Waals surface area contributed by atoms with E-state index in [0.717, 1.165) is 19.3 Å². The van der Waals surface area contributed by atoms with Gasteiger partial charge >= 0.3 is 5.97 Å². The summed E-state index contributed by atoms with van der Waals surface area (Å²) in [5.74, 6) is -1.02. The largest absolute Gasteiger partial charge is 0.452 e. The summed E-state index contributed by atoms with van der Waals surface area (Å²) < 4.78 is 5.20. The molecule has 1 fully saturated rings. The Labute approximate surface area is 152 Å². The maximum Gasteiger partial charge on any atom is 0.339 e. The van der Waals surface area contributed by atoms with Crippen molar-refractivity contribution in [3.63, 3.8) is 0 Å². The second kappa shape index (κ2) is 7.52. The number of fused-ring (bicyclic) bond motifs is 1. The zero-order chi connectivity index (χ0) is 18.6. The summed E-state index contributed by atoms with van der Waals surface area (Å²) in [4.78, 5) is 29.0. The molecule has 1 N–H and O–H groups in total. The number of amides is 1. The summed E-state index contributed by atoms with van der Waals surface area (Å²) in [6.45, 7) is 1.40. The van der Waals surface area contributed by atoms with Crippen molar-refractivity contribution in [2.45, 2.75) is 44.6 Å². The van der Waals surface area contributed by atoms with Crippen LogP contribution < -0.4 is 5.32 Å². The van der Waals surface area contributed by atoms with Crippen LogP contribution in [-0.2, 0) is 9.53 Å². The van der Waals surface area contributed by atoms with Crippen LogP contribution in [0.25, 0.3) is 10.9 Å². The van der Waals surface area contributed by atoms with Gasteiger partial charge in [-0.25, -0.2) is 4.79 Å². The first-order valence-corrected chi connectivity index (χ1v) is 8.79. The van der Waals surface area contributed by atoms with E-state index in [-0.39, 0.29) is 0 Å². The highest BCUT2D eigenvalue weighted by atomic mass is 16.5. The molecule has 0 unspecified atom stereocenters. The van der Waals surface area contributed by atoms with E-state index in [2.05, 4.69) is 16.4 Å². The van der Waals surface area contributed by atoms with Gasteiger partial charge in [-0.05, 0) is 31.9 Å². The van der Waals surface area contributed by atoms with E-state index in [1.165, 1.54) is 0 Å². The molecular formula is C20H21N3O3. The Hall–Kier alpha value is -2.94. The first-order chi connectivity index (χ1) is 12.5. The smallest absolute Gasteiger partial charge is 0.339 e. The van der Waals surface area contributed by atoms with Gasteiger partial charge < -0.3 is 10.1 Å². The highest BCUT2D eigenvalue weighted by Gasteiger charge is 2.33. The van der Waals surface area contributed by atoms with Crippen molar-refractivity contribution in [3.8, 4) is 6.07 Å². The van der Waals surface area contributed by atoms with Crippen LogP contribution in [0.5, 0.6) is 0 Å². The second-order valence-corrected chi connectivity index (χ2v) is 6.71. The molecule has 0 saturated heterocycles. The number of pyridine rings is 1. The summed E-state index contributed by atoms with van der Waals surface area (Å²) in [7, 11) is 0. The lowest BCUT2D eigenvalue weighted by molar-refractivity contribution is -0.125. The second-order valence-electron chi connectivity index (χ2n) is 6.71. The van der Waals surface area contributed by atoms with Gasteiger partial charge in [-0.15, -0.1) is 0 Å². The van der Waals surface area contributed by atoms with Crippen LogP contribution in [0.3, 0.4) is 0 Å². The minimum Gasteiger partial charge on any atom is -0.452 e. The number of carbonyl (C=O) groups excluding carboxylic acids is 2. The van der Waals surface area contributed by atoms with E-state index < -0.39 is 24.0 Å². The molecule has 1 heterocycles. The summed E-state index contributed by atoms with van der Waals surface area (Å²) >= 11 is 0. The molecule has 0 atom stereocenters. The molecule has 1 aromatic heterocycles. The number of nitrogens with one attached hydrogen (secondary N) is 1. The molecule has 0 bridgehead atoms. The van der Waals surface area contributed by atoms with Crippen molar-refractivity contribution in [1.82, 2.24) is 10.3 Å². The SMILES string of the molecule is Cc1cc(C(=O)OCC(=O)NC2(C#N)CCCCC2)c2ccccc2n1. The van der Waals surface area contributed by atoms with Gasteiger partial charge in [0, 0.05) is 11.1 Å². The lowest BCUT2D eigenvalue weighted by atomic mass is 9.83. The highest BCUT2D eigenvalue weighted by Crippen LogP contribution is 2.27. The normalized spacial score (nSPS) is 15.8. The number of aryl methyl sites for hydroxylation is 1. The number of nitriles is 1. The minimum atomic E-state index is -0.832. The lowest BCUT2D eigenvalue weighted by Gasteiger charge is -2.31. The van der Waals surface area contributed by atoms with E-state index in [0.29, 0.717) is 35.0 Å². The zero-order valence-corrected chi connectivity index (χ0v) is 14.7. The van der Waals surface area contributed by atoms with Gasteiger partial charge in [0.25, 0.3) is 5.91 Å². The topological polar surface area (TPSA) is 92.1 Å². The molecule has 0 radical (unpaired) electrons. The van der Waals surface area contributed by atoms with Gasteiger partial charge in [0.1, 0.15) is 5.54 Å². The predicted octanol–water partition coefficient (Wildman–Crippen LogP) is 3.04. The van der Waals surface area contributed by atoms with Gasteiger partial charge in [0.05, 0.1) is 17.1 Å². The summed E-state index contributed by atoms with van der Waals surface area (Å²) in [6, 6.07) is 11.2. The first-order valence-electron chi connectivity index (χ1n) is 8.79. The van der Waals surface area contributed by atoms with E-state index in [9.17, 15) is 14.9 Å². The molecule has 6 nitrogen and oxygen atoms in total. The quantitative estimate of drug-likeness (QED) is 0.855. The third-order valence-electron chi connectivity index (χ3n) is 4.70. The molecule has 1 aliphatic rings. The number of esters is 1. The molecule has 1 aliphatic carbocycles. The highest BCUT2D eigenvalue weighted by molar-refractivity contribution is 6.04. The molecule has 1 saturated carbocycles. The Balaban J connectivity index is 1.68. The monoisotopic (exact) mass is 351 g/mol. The van der Waals surface area contributed by atoms with Crippen molar-refractivity contribution in [1.29, 1.82) is 5.26 Å². The Morgan fingerprint density at radius 2 is 2.00 bits per heavy atom. The number of nitrogens with zero attached hydrogens (tertiary/aromatic N) is 2. The third kappa shape index (κ3) is 3.83. The average molecular weight is 351 g/mol. The molecule has 0 aliphatic heterocycles. The molecule has 6 heteroatoms. The Morgan fingerprint density at radius 1 is 1.27 bits per heavy atom. The fourth-order valence-corrected chi connectivity index (χ4v) is 3.41. The van der Waals surface area contributed by atoms with Gasteiger partial charge in [-0.2, -0.15) is 5.26 Å². The number of aromatic nitrogens is 1. The number of para-hydroxylation sites is 1. The van der Waals surface area contributed by atoms with E-state index in [1.807, 2.05) is 18.2 Å². The number of hydrogen-bond acceptors (Lipinski definition) is 5. The minimum absolute atomic E-state index is 0.383. The van der Waals surface area contributed by atoms with Crippen molar-refractivity contribution in [3.05, 3.63) is 41.6 Å². The Morgan fingerprint density at radius 3 is 2.73 bits per heavy atom. The van der Waals surface area contributed by atoms with E-state index in [1.54, 1.807) is 19.1 Å². The van der Waals surface area contributed by atoms with Crippen LogP contribution in [0.15, 0.2) is 30.3 Å². The Kier molecular flexibility index (Phi) is 5.17. The molecule has 1 aromatic carbocycles. The molecular weight excluding hydrogens is 330 g/mol. The molecule has 0 spiro atoms. The lowest BCUT2D eigenvalue weighted by Crippen LogP contribution is -2.50. The van der Waals surface area contributed by atoms with Crippen LogP contribution in [0.2, 0.25) is 0 Å². The summed E-state index contributed by atoms with van der Waals surface area (Å²) in [5, 5.41) is 12.8. The van der Waals surface area contributed by atoms with Crippen molar-refractivity contribution in [2.75, 3.05) is 6.61 Å². The molecule has 134 valence electrons. The summed E-state index contributed by atoms with van der Waals surface area (Å²) in [6.07, 6.45) is 4.17. The molecule has 2 aromatic rings. The van der Waals surface area contributed by atoms with Crippen molar-refractivity contribution in [2.24, 2.45) is 0 Å². The predicted molar refractivity (Wildman–Crippen MR) is 96.3 cm³/mol. The van der Waals surface area contributed by atoms with Crippen LogP contribution in [0.4, 0.5) is 0 Å². The van der Waals surface area contributed by atoms with Gasteiger partial charge in [-0.1, -0.05) is 37.5 Å². The van der Waals surface area contributed by atoms with Crippen LogP contribution in [-0.4, -0.2) is 29.0 Å². The first kappa shape index (κ1) is 17.9. The fraction of sp³-hybridized carbons (Fsp3) is 0.400.